The van der Waals surface area contributed by atoms with E-state index < -0.39 is 0 Å². The molecular formula is C17H18ClNO2. The van der Waals surface area contributed by atoms with Crippen LogP contribution < -0.4 is 10.1 Å². The summed E-state index contributed by atoms with van der Waals surface area (Å²) in [6.07, 6.45) is 1.18. The fraction of sp³-hybridized carbons (Fsp3) is 0.235. The summed E-state index contributed by atoms with van der Waals surface area (Å²) in [7, 11) is 0. The van der Waals surface area contributed by atoms with Crippen LogP contribution in [0.15, 0.2) is 54.6 Å². The molecule has 4 heteroatoms. The van der Waals surface area contributed by atoms with Crippen LogP contribution >= 0.6 is 11.6 Å². The molecule has 3 nitrogen and oxygen atoms in total. The van der Waals surface area contributed by atoms with Gasteiger partial charge in [-0.25, -0.2) is 0 Å². The van der Waals surface area contributed by atoms with Gasteiger partial charge < -0.3 is 10.1 Å². The van der Waals surface area contributed by atoms with E-state index in [1.165, 1.54) is 0 Å². The van der Waals surface area contributed by atoms with Crippen LogP contribution in [0.5, 0.6) is 5.75 Å². The molecule has 1 N–H and O–H groups in total. The molecule has 0 aliphatic rings. The molecule has 0 spiro atoms. The molecule has 0 aliphatic carbocycles. The lowest BCUT2D eigenvalue weighted by molar-refractivity contribution is -0.121. The van der Waals surface area contributed by atoms with E-state index in [0.717, 1.165) is 11.3 Å². The molecule has 0 atom stereocenters. The highest BCUT2D eigenvalue weighted by Gasteiger charge is 2.02. The molecule has 2 aromatic carbocycles. The van der Waals surface area contributed by atoms with Crippen molar-refractivity contribution in [2.24, 2.45) is 0 Å². The topological polar surface area (TPSA) is 38.3 Å². The lowest BCUT2D eigenvalue weighted by Gasteiger charge is -2.07. The smallest absolute Gasteiger partial charge is 0.220 e. The van der Waals surface area contributed by atoms with Crippen molar-refractivity contribution in [1.82, 2.24) is 5.32 Å². The normalized spacial score (nSPS) is 10.1. The second-order valence-corrected chi connectivity index (χ2v) is 5.07. The van der Waals surface area contributed by atoms with Crippen molar-refractivity contribution in [3.63, 3.8) is 0 Å². The van der Waals surface area contributed by atoms with E-state index in [4.69, 9.17) is 16.3 Å². The second-order valence-electron chi connectivity index (χ2n) is 4.64. The van der Waals surface area contributed by atoms with Crippen LogP contribution in [-0.2, 0) is 11.2 Å². The summed E-state index contributed by atoms with van der Waals surface area (Å²) in [5.41, 5.74) is 1.11. The number of hydrogen-bond acceptors (Lipinski definition) is 2. The number of nitrogens with one attached hydrogen (secondary N) is 1. The molecule has 1 amide bonds. The number of hydrogen-bond donors (Lipinski definition) is 1. The van der Waals surface area contributed by atoms with Crippen molar-refractivity contribution in [3.8, 4) is 5.75 Å². The first-order chi connectivity index (χ1) is 10.2. The molecule has 2 aromatic rings. The van der Waals surface area contributed by atoms with Crippen molar-refractivity contribution in [3.05, 3.63) is 65.2 Å². The quantitative estimate of drug-likeness (QED) is 0.795. The maximum Gasteiger partial charge on any atom is 0.220 e. The van der Waals surface area contributed by atoms with Crippen LogP contribution in [0.25, 0.3) is 0 Å². The molecule has 2 rings (SSSR count). The SMILES string of the molecule is O=C(CCc1ccc(Cl)cc1)NCCOc1ccccc1. The summed E-state index contributed by atoms with van der Waals surface area (Å²) in [6.45, 7) is 0.977. The molecule has 21 heavy (non-hydrogen) atoms. The van der Waals surface area contributed by atoms with Crippen LogP contribution in [0.2, 0.25) is 5.02 Å². The fourth-order valence-electron chi connectivity index (χ4n) is 1.87. The largest absolute Gasteiger partial charge is 0.492 e. The van der Waals surface area contributed by atoms with Gasteiger partial charge in [0.15, 0.2) is 0 Å². The predicted molar refractivity (Wildman–Crippen MR) is 84.7 cm³/mol. The Bertz CT molecular complexity index is 555. The molecule has 0 saturated carbocycles. The number of carbonyl (C=O) groups is 1. The number of aryl methyl sites for hydroxylation is 1. The van der Waals surface area contributed by atoms with Gasteiger partial charge in [0, 0.05) is 11.4 Å². The number of para-hydroxylation sites is 1. The highest BCUT2D eigenvalue weighted by atomic mass is 35.5. The van der Waals surface area contributed by atoms with Crippen molar-refractivity contribution >= 4 is 17.5 Å². The van der Waals surface area contributed by atoms with E-state index in [9.17, 15) is 4.79 Å². The molecule has 0 aliphatic heterocycles. The Balaban J connectivity index is 1.60. The van der Waals surface area contributed by atoms with Crippen molar-refractivity contribution in [2.75, 3.05) is 13.2 Å². The van der Waals surface area contributed by atoms with Crippen molar-refractivity contribution in [1.29, 1.82) is 0 Å². The molecule has 0 unspecified atom stereocenters. The molecule has 110 valence electrons. The first-order valence-corrected chi connectivity index (χ1v) is 7.31. The van der Waals surface area contributed by atoms with Gasteiger partial charge in [-0.05, 0) is 36.2 Å². The van der Waals surface area contributed by atoms with Crippen molar-refractivity contribution < 1.29 is 9.53 Å². The fourth-order valence-corrected chi connectivity index (χ4v) is 2.00. The number of ether oxygens (including phenoxy) is 1. The van der Waals surface area contributed by atoms with Crippen LogP contribution in [-0.4, -0.2) is 19.1 Å². The minimum atomic E-state index is 0.0293. The lowest BCUT2D eigenvalue weighted by Crippen LogP contribution is -2.28. The van der Waals surface area contributed by atoms with Crippen LogP contribution in [0, 0.1) is 0 Å². The highest BCUT2D eigenvalue weighted by molar-refractivity contribution is 6.30. The summed E-state index contributed by atoms with van der Waals surface area (Å²) in [5.74, 6) is 0.842. The summed E-state index contributed by atoms with van der Waals surface area (Å²) in [4.78, 5) is 11.7. The molecule has 0 aromatic heterocycles. The Morgan fingerprint density at radius 2 is 1.76 bits per heavy atom. The van der Waals surface area contributed by atoms with Gasteiger partial charge in [-0.2, -0.15) is 0 Å². The average Bonchev–Trinajstić information content (AvgIpc) is 2.52. The summed E-state index contributed by atoms with van der Waals surface area (Å²) in [6, 6.07) is 17.1. The van der Waals surface area contributed by atoms with Gasteiger partial charge >= 0.3 is 0 Å². The number of rotatable bonds is 7. The van der Waals surface area contributed by atoms with Crippen LogP contribution in [0.4, 0.5) is 0 Å². The minimum Gasteiger partial charge on any atom is -0.492 e. The van der Waals surface area contributed by atoms with Gasteiger partial charge in [0.25, 0.3) is 0 Å². The van der Waals surface area contributed by atoms with Gasteiger partial charge in [-0.15, -0.1) is 0 Å². The third-order valence-electron chi connectivity index (χ3n) is 2.99. The average molecular weight is 304 g/mol. The number of amides is 1. The highest BCUT2D eigenvalue weighted by Crippen LogP contribution is 2.11. The predicted octanol–water partition coefficient (Wildman–Crippen LogP) is 3.47. The number of carbonyl (C=O) groups excluding carboxylic acids is 1. The van der Waals surface area contributed by atoms with Gasteiger partial charge in [0.05, 0.1) is 6.54 Å². The first-order valence-electron chi connectivity index (χ1n) is 6.93. The number of halogens is 1. The van der Waals surface area contributed by atoms with E-state index in [2.05, 4.69) is 5.32 Å². The van der Waals surface area contributed by atoms with E-state index in [1.807, 2.05) is 54.6 Å². The Labute approximate surface area is 129 Å². The van der Waals surface area contributed by atoms with E-state index in [-0.39, 0.29) is 5.91 Å². The zero-order valence-corrected chi connectivity index (χ0v) is 12.5. The standard InChI is InChI=1S/C17H18ClNO2/c18-15-9-6-14(7-10-15)8-11-17(20)19-12-13-21-16-4-2-1-3-5-16/h1-7,9-10H,8,11-13H2,(H,19,20). The molecule has 0 radical (unpaired) electrons. The summed E-state index contributed by atoms with van der Waals surface area (Å²) < 4.78 is 5.50. The number of benzene rings is 2. The van der Waals surface area contributed by atoms with Gasteiger partial charge in [0.2, 0.25) is 5.91 Å². The zero-order valence-electron chi connectivity index (χ0n) is 11.7. The second kappa shape index (κ2) is 8.32. The summed E-state index contributed by atoms with van der Waals surface area (Å²) >= 11 is 5.82. The Kier molecular flexibility index (Phi) is 6.10. The van der Waals surface area contributed by atoms with Crippen molar-refractivity contribution in [2.45, 2.75) is 12.8 Å². The minimum absolute atomic E-state index is 0.0293. The van der Waals surface area contributed by atoms with Crippen LogP contribution in [0.1, 0.15) is 12.0 Å². The van der Waals surface area contributed by atoms with Gasteiger partial charge in [0.1, 0.15) is 12.4 Å². The Morgan fingerprint density at radius 3 is 2.48 bits per heavy atom. The maximum atomic E-state index is 11.7. The zero-order chi connectivity index (χ0) is 14.9. The van der Waals surface area contributed by atoms with Gasteiger partial charge in [-0.3, -0.25) is 4.79 Å². The van der Waals surface area contributed by atoms with E-state index >= 15 is 0 Å². The lowest BCUT2D eigenvalue weighted by atomic mass is 10.1. The molecule has 0 bridgehead atoms. The maximum absolute atomic E-state index is 11.7. The Morgan fingerprint density at radius 1 is 1.05 bits per heavy atom. The monoisotopic (exact) mass is 303 g/mol. The van der Waals surface area contributed by atoms with E-state index in [1.54, 1.807) is 0 Å². The molecule has 0 saturated heterocycles. The molecule has 0 heterocycles. The van der Waals surface area contributed by atoms with E-state index in [0.29, 0.717) is 31.0 Å². The third kappa shape index (κ3) is 5.88. The Hall–Kier alpha value is -2.00. The molecular weight excluding hydrogens is 286 g/mol. The first kappa shape index (κ1) is 15.4. The molecule has 0 fully saturated rings. The third-order valence-corrected chi connectivity index (χ3v) is 3.24. The van der Waals surface area contributed by atoms with Crippen LogP contribution in [0.3, 0.4) is 0 Å². The summed E-state index contributed by atoms with van der Waals surface area (Å²) in [5, 5.41) is 3.55. The van der Waals surface area contributed by atoms with Gasteiger partial charge in [-0.1, -0.05) is 41.9 Å².